The average molecular weight is 1520 g/mol. The Labute approximate surface area is 653 Å². The predicted molar refractivity (Wildman–Crippen MR) is 423 cm³/mol. The smallest absolute Gasteiger partial charge is 0.295 e. The van der Waals surface area contributed by atoms with Crippen molar-refractivity contribution in [3.8, 4) is 12.1 Å². The van der Waals surface area contributed by atoms with Crippen LogP contribution in [0.3, 0.4) is 0 Å². The summed E-state index contributed by atoms with van der Waals surface area (Å²) in [5.41, 5.74) is 11.1. The number of nitrogens with zero attached hydrogens (tertiary/aromatic N) is 7. The van der Waals surface area contributed by atoms with Gasteiger partial charge in [-0.2, -0.15) is 10.5 Å². The number of nitrogens with one attached hydrogen (secondary N) is 2. The zero-order valence-corrected chi connectivity index (χ0v) is 64.3. The molecule has 20 heteroatoms. The van der Waals surface area contributed by atoms with Gasteiger partial charge in [-0.3, -0.25) is 53.1 Å². The molecular formula is C89H105Cl2N9O9. The van der Waals surface area contributed by atoms with Gasteiger partial charge in [-0.05, 0) is 163 Å². The third kappa shape index (κ3) is 21.0. The number of carbonyl (C=O) groups is 8. The van der Waals surface area contributed by atoms with Gasteiger partial charge < -0.3 is 25.2 Å². The molecule has 2 N–H and O–H groups in total. The number of hydrogen-bond acceptors (Lipinski definition) is 12. The third-order valence-electron chi connectivity index (χ3n) is 23.4. The second kappa shape index (κ2) is 41.0. The van der Waals surface area contributed by atoms with Crippen molar-refractivity contribution in [1.82, 2.24) is 35.1 Å². The Hall–Kier alpha value is -9.20. The van der Waals surface area contributed by atoms with Crippen LogP contribution in [0.4, 0.5) is 0 Å². The molecule has 1 saturated heterocycles. The maximum atomic E-state index is 12.8. The summed E-state index contributed by atoms with van der Waals surface area (Å²) < 4.78 is 5.21. The highest BCUT2D eigenvalue weighted by Crippen LogP contribution is 2.40. The van der Waals surface area contributed by atoms with Crippen LogP contribution in [-0.2, 0) is 55.9 Å². The largest absolute Gasteiger partial charge is 0.439 e. The van der Waals surface area contributed by atoms with Crippen molar-refractivity contribution in [3.63, 3.8) is 0 Å². The van der Waals surface area contributed by atoms with Gasteiger partial charge >= 0.3 is 0 Å². The number of benzene rings is 5. The second-order valence-corrected chi connectivity index (χ2v) is 31.0. The summed E-state index contributed by atoms with van der Waals surface area (Å²) >= 11 is 9.55. The first-order chi connectivity index (χ1) is 53.3. The van der Waals surface area contributed by atoms with Crippen LogP contribution in [0.25, 0.3) is 18.2 Å². The number of hydrogen-bond donors (Lipinski definition) is 2. The highest BCUT2D eigenvalue weighted by Gasteiger charge is 2.41. The van der Waals surface area contributed by atoms with E-state index in [-0.39, 0.29) is 89.5 Å². The molecule has 109 heavy (non-hydrogen) atoms. The lowest BCUT2D eigenvalue weighted by Crippen LogP contribution is -2.56. The normalized spacial score (nSPS) is 22.2. The molecule has 0 radical (unpaired) electrons. The molecule has 5 aromatic rings. The molecule has 6 fully saturated rings. The van der Waals surface area contributed by atoms with Crippen molar-refractivity contribution >= 4 is 88.6 Å². The van der Waals surface area contributed by atoms with Crippen LogP contribution in [0.5, 0.6) is 0 Å². The maximum Gasteiger partial charge on any atom is 0.295 e. The Morgan fingerprint density at radius 1 is 0.495 bits per heavy atom. The van der Waals surface area contributed by atoms with Gasteiger partial charge in [-0.1, -0.05) is 218 Å². The van der Waals surface area contributed by atoms with E-state index >= 15 is 0 Å². The Morgan fingerprint density at radius 2 is 0.881 bits per heavy atom. The maximum absolute atomic E-state index is 12.8. The minimum absolute atomic E-state index is 0.0476. The molecule has 5 atom stereocenters. The molecular weight excluding hydrogens is 1410 g/mol. The molecule has 11 aliphatic rings. The summed E-state index contributed by atoms with van der Waals surface area (Å²) in [6.45, 7) is 3.85. The second-order valence-electron chi connectivity index (χ2n) is 30.4. The van der Waals surface area contributed by atoms with Gasteiger partial charge in [0.25, 0.3) is 6.47 Å². The summed E-state index contributed by atoms with van der Waals surface area (Å²) in [5.74, 6) is 1.40. The minimum atomic E-state index is -0.641. The Kier molecular flexibility index (Phi) is 30.4. The molecule has 5 aliphatic carbocycles. The number of rotatable bonds is 10. The molecule has 18 nitrogen and oxygen atoms in total. The summed E-state index contributed by atoms with van der Waals surface area (Å²) in [5, 5.41) is 25.1. The number of alkyl halides is 1. The summed E-state index contributed by atoms with van der Waals surface area (Å²) in [7, 11) is 0. The fourth-order valence-corrected chi connectivity index (χ4v) is 17.6. The minimum Gasteiger partial charge on any atom is -0.439 e. The molecule has 6 heterocycles. The molecule has 0 bridgehead atoms. The first kappa shape index (κ1) is 80.8. The van der Waals surface area contributed by atoms with E-state index in [0.717, 1.165) is 175 Å². The molecule has 16 rings (SSSR count). The highest BCUT2D eigenvalue weighted by atomic mass is 35.5. The monoisotopic (exact) mass is 1510 g/mol. The third-order valence-corrected chi connectivity index (χ3v) is 24.0. The molecule has 6 amide bonds. The van der Waals surface area contributed by atoms with Crippen molar-refractivity contribution in [1.29, 1.82) is 10.5 Å². The zero-order valence-electron chi connectivity index (χ0n) is 62.8. The van der Waals surface area contributed by atoms with Crippen molar-refractivity contribution in [2.45, 2.75) is 204 Å². The quantitative estimate of drug-likeness (QED) is 0.0755. The fraction of sp³-hybridized carbons (Fsp3) is 0.483. The Balaban J connectivity index is 0.000000133. The van der Waals surface area contributed by atoms with Crippen molar-refractivity contribution in [2.75, 3.05) is 38.6 Å². The van der Waals surface area contributed by atoms with Crippen molar-refractivity contribution < 1.29 is 43.1 Å². The number of amides is 6. The fourth-order valence-electron chi connectivity index (χ4n) is 17.6. The van der Waals surface area contributed by atoms with Gasteiger partial charge in [-0.15, -0.1) is 11.6 Å². The van der Waals surface area contributed by atoms with Crippen LogP contribution < -0.4 is 10.6 Å². The Morgan fingerprint density at radius 3 is 1.34 bits per heavy atom. The first-order valence-corrected chi connectivity index (χ1v) is 40.9. The lowest BCUT2D eigenvalue weighted by atomic mass is 9.87. The number of fused-ring (bicyclic) bond motifs is 7. The standard InChI is InChI=1S/C19H24N2O2.2C17H18N2O.C17H24N2O.C17H19NO3.C2H2Cl2O/c22-18-13-20(19(23)15-7-2-1-3-8-15)12-17-16-9-5-4-6-14(16)10-11-21(17)18;2*18-12-16-15-9-5-4-6-13(15)10-11-19(16)17(20)14-7-2-1-3-8-14;20-17(14-7-2-1-3-8-14)19-12-16-15-9-5-4-6-13(15)10-11-18-16;19-12-21-17-15-9-5-4-6-13(15)10-11-18(17)16(20)14-7-2-1-3-8-14;3-1-2(4)5/h4-6,9,15,17H,1-3,7-8,10-13H2;2*4-6,9-11,14,16H,1-3,7-8H2;4-6,9,14,16,18H,1-3,7-8,10-12H2,(H,19,20);4-6,9-12,14,17H,1-3,7-8H2;1H2/t17-;16-;;16-;17-;/m00.01./s1. The number of nitriles is 2. The molecule has 5 aromatic carbocycles. The van der Waals surface area contributed by atoms with E-state index in [2.05, 4.69) is 65.2 Å². The molecule has 0 aromatic heterocycles. The lowest BCUT2D eigenvalue weighted by molar-refractivity contribution is -0.154. The summed E-state index contributed by atoms with van der Waals surface area (Å²) in [4.78, 5) is 105. The zero-order chi connectivity index (χ0) is 76.4. The van der Waals surface area contributed by atoms with Crippen LogP contribution in [0.15, 0.2) is 140 Å². The van der Waals surface area contributed by atoms with Crippen molar-refractivity contribution in [3.05, 3.63) is 196 Å². The molecule has 574 valence electrons. The number of ether oxygens (including phenoxy) is 1. The van der Waals surface area contributed by atoms with Gasteiger partial charge in [-0.25, -0.2) is 0 Å². The van der Waals surface area contributed by atoms with E-state index in [1.165, 1.54) is 67.2 Å². The van der Waals surface area contributed by atoms with Gasteiger partial charge in [0, 0.05) is 79.4 Å². The van der Waals surface area contributed by atoms with Crippen LogP contribution in [0.1, 0.15) is 247 Å². The number of carbonyl (C=O) groups excluding carboxylic acids is 8. The molecule has 5 saturated carbocycles. The van der Waals surface area contributed by atoms with Gasteiger partial charge in [0.2, 0.25) is 46.9 Å². The van der Waals surface area contributed by atoms with E-state index in [4.69, 9.17) is 27.9 Å². The highest BCUT2D eigenvalue weighted by molar-refractivity contribution is 6.67. The number of halogens is 2. The van der Waals surface area contributed by atoms with E-state index in [0.29, 0.717) is 19.6 Å². The SMILES string of the molecule is N#CC1c2ccccc2C=CN1C(=O)C1CCCCC1.N#C[C@H]1c2ccccc2C=CN1C(=O)C1CCCCC1.O=C(C1CCCCC1)N1CC(=O)N2CCc3ccccc3[C@@H]2C1.O=C(Cl)CCl.O=C(NC[C@@H]1NCCc2ccccc21)C1CCCCC1.O=CO[C@@H]1c2ccccc2C=CN1C(=O)C1CCCCC1. The Bertz CT molecular complexity index is 4030. The van der Waals surface area contributed by atoms with Crippen LogP contribution in [-0.4, -0.2) is 110 Å². The van der Waals surface area contributed by atoms with E-state index < -0.39 is 23.6 Å². The van der Waals surface area contributed by atoms with Crippen molar-refractivity contribution in [2.24, 2.45) is 29.6 Å². The average Bonchev–Trinajstić information content (AvgIpc) is 0.777. The van der Waals surface area contributed by atoms with Gasteiger partial charge in [0.15, 0.2) is 0 Å². The van der Waals surface area contributed by atoms with Gasteiger partial charge in [0.1, 0.15) is 12.1 Å². The molecule has 6 aliphatic heterocycles. The van der Waals surface area contributed by atoms with Crippen LogP contribution in [0, 0.1) is 52.3 Å². The predicted octanol–water partition coefficient (Wildman–Crippen LogP) is 16.6. The van der Waals surface area contributed by atoms with Crippen LogP contribution >= 0.6 is 23.2 Å². The van der Waals surface area contributed by atoms with Gasteiger partial charge in [0.05, 0.1) is 30.6 Å². The topological polar surface area (TPSA) is 234 Å². The first-order valence-electron chi connectivity index (χ1n) is 39.9. The summed E-state index contributed by atoms with van der Waals surface area (Å²) in [6.07, 6.45) is 39.9. The van der Waals surface area contributed by atoms with E-state index in [9.17, 15) is 48.9 Å². The molecule has 1 unspecified atom stereocenters. The number of piperazine rings is 1. The van der Waals surface area contributed by atoms with Crippen LogP contribution in [0.2, 0.25) is 0 Å². The summed E-state index contributed by atoms with van der Waals surface area (Å²) in [6, 6.07) is 44.1. The molecule has 0 spiro atoms. The van der Waals surface area contributed by atoms with E-state index in [1.54, 1.807) is 33.3 Å². The lowest BCUT2D eigenvalue weighted by Gasteiger charge is -2.45. The van der Waals surface area contributed by atoms with E-state index in [1.807, 2.05) is 107 Å².